The molecule has 190 valence electrons. The van der Waals surface area contributed by atoms with Gasteiger partial charge in [-0.05, 0) is 72.8 Å². The van der Waals surface area contributed by atoms with Gasteiger partial charge in [0.2, 0.25) is 11.8 Å². The minimum atomic E-state index is -0.791. The highest BCUT2D eigenvalue weighted by Gasteiger charge is 2.45. The SMILES string of the molecule is CCC(C)C(NC(=O)OC(C)(C)C)C(=O)N(C1CC1)C(C(=O)NC(C)C)c1cc(C)cc(C)c1. The van der Waals surface area contributed by atoms with Gasteiger partial charge in [0.15, 0.2) is 0 Å². The number of aryl methyl sites for hydroxylation is 2. The third kappa shape index (κ3) is 7.74. The molecule has 0 bridgehead atoms. The van der Waals surface area contributed by atoms with Crippen molar-refractivity contribution in [1.82, 2.24) is 15.5 Å². The van der Waals surface area contributed by atoms with Gasteiger partial charge in [-0.25, -0.2) is 4.79 Å². The second-order valence-corrected chi connectivity index (χ2v) is 11.0. The second-order valence-electron chi connectivity index (χ2n) is 11.0. The van der Waals surface area contributed by atoms with E-state index in [9.17, 15) is 14.4 Å². The van der Waals surface area contributed by atoms with E-state index in [4.69, 9.17) is 4.74 Å². The van der Waals surface area contributed by atoms with Gasteiger partial charge < -0.3 is 20.3 Å². The monoisotopic (exact) mass is 473 g/mol. The molecule has 1 aliphatic rings. The van der Waals surface area contributed by atoms with Crippen molar-refractivity contribution in [2.24, 2.45) is 5.92 Å². The van der Waals surface area contributed by atoms with Crippen molar-refractivity contribution in [2.75, 3.05) is 0 Å². The minimum absolute atomic E-state index is 0.0387. The Morgan fingerprint density at radius 1 is 1.03 bits per heavy atom. The van der Waals surface area contributed by atoms with E-state index in [1.807, 2.05) is 53.7 Å². The quantitative estimate of drug-likeness (QED) is 0.539. The number of rotatable bonds is 9. The molecule has 1 fully saturated rings. The van der Waals surface area contributed by atoms with Crippen molar-refractivity contribution >= 4 is 17.9 Å². The molecule has 0 aliphatic heterocycles. The van der Waals surface area contributed by atoms with Crippen LogP contribution in [-0.4, -0.2) is 46.5 Å². The van der Waals surface area contributed by atoms with Crippen molar-refractivity contribution in [3.8, 4) is 0 Å². The molecule has 0 spiro atoms. The molecular formula is C27H43N3O4. The van der Waals surface area contributed by atoms with Crippen LogP contribution < -0.4 is 10.6 Å². The van der Waals surface area contributed by atoms with E-state index in [1.165, 1.54) is 0 Å². The Balaban J connectivity index is 2.50. The van der Waals surface area contributed by atoms with Gasteiger partial charge in [-0.1, -0.05) is 49.6 Å². The predicted molar refractivity (Wildman–Crippen MR) is 134 cm³/mol. The van der Waals surface area contributed by atoms with E-state index in [1.54, 1.807) is 25.7 Å². The Bertz CT molecular complexity index is 866. The van der Waals surface area contributed by atoms with Crippen LogP contribution >= 0.6 is 0 Å². The van der Waals surface area contributed by atoms with Gasteiger partial charge in [0, 0.05) is 12.1 Å². The third-order valence-corrected chi connectivity index (χ3v) is 5.86. The van der Waals surface area contributed by atoms with Crippen LogP contribution in [0.15, 0.2) is 18.2 Å². The van der Waals surface area contributed by atoms with Gasteiger partial charge in [0.1, 0.15) is 17.7 Å². The lowest BCUT2D eigenvalue weighted by Crippen LogP contribution is -2.56. The van der Waals surface area contributed by atoms with E-state index in [0.717, 1.165) is 29.5 Å². The van der Waals surface area contributed by atoms with Gasteiger partial charge in [0.05, 0.1) is 0 Å². The van der Waals surface area contributed by atoms with Crippen molar-refractivity contribution in [2.45, 2.75) is 111 Å². The highest BCUT2D eigenvalue weighted by atomic mass is 16.6. The first-order valence-corrected chi connectivity index (χ1v) is 12.4. The molecule has 7 heteroatoms. The summed E-state index contributed by atoms with van der Waals surface area (Å²) in [5.74, 6) is -0.583. The lowest BCUT2D eigenvalue weighted by molar-refractivity contribution is -0.144. The number of amides is 3. The van der Waals surface area contributed by atoms with Crippen LogP contribution in [0.1, 0.15) is 90.5 Å². The summed E-state index contributed by atoms with van der Waals surface area (Å²) in [7, 11) is 0. The van der Waals surface area contributed by atoms with Crippen LogP contribution in [0.25, 0.3) is 0 Å². The number of nitrogens with zero attached hydrogens (tertiary/aromatic N) is 1. The van der Waals surface area contributed by atoms with Gasteiger partial charge in [-0.15, -0.1) is 0 Å². The molecule has 1 aromatic rings. The number of hydrogen-bond acceptors (Lipinski definition) is 4. The lowest BCUT2D eigenvalue weighted by Gasteiger charge is -2.36. The zero-order valence-corrected chi connectivity index (χ0v) is 22.3. The molecule has 1 saturated carbocycles. The summed E-state index contributed by atoms with van der Waals surface area (Å²) in [4.78, 5) is 41.9. The average molecular weight is 474 g/mol. The first-order chi connectivity index (χ1) is 15.7. The topological polar surface area (TPSA) is 87.7 Å². The van der Waals surface area contributed by atoms with E-state index in [0.29, 0.717) is 6.42 Å². The van der Waals surface area contributed by atoms with E-state index in [-0.39, 0.29) is 29.8 Å². The van der Waals surface area contributed by atoms with E-state index < -0.39 is 23.8 Å². The molecule has 0 aromatic heterocycles. The number of ether oxygens (including phenoxy) is 1. The molecule has 0 saturated heterocycles. The summed E-state index contributed by atoms with van der Waals surface area (Å²) in [5, 5.41) is 5.82. The van der Waals surface area contributed by atoms with Crippen LogP contribution in [-0.2, 0) is 14.3 Å². The highest BCUT2D eigenvalue weighted by Crippen LogP contribution is 2.37. The smallest absolute Gasteiger partial charge is 0.408 e. The number of alkyl carbamates (subject to hydrolysis) is 1. The number of carbonyl (C=O) groups excluding carboxylic acids is 3. The first-order valence-electron chi connectivity index (χ1n) is 12.4. The number of benzene rings is 1. The molecule has 2 N–H and O–H groups in total. The standard InChI is InChI=1S/C27H43N3O4/c1-10-19(6)22(29-26(33)34-27(7,8)9)25(32)30(21-11-12-21)23(24(31)28-16(2)3)20-14-17(4)13-18(5)15-20/h13-16,19,21-23H,10-12H2,1-9H3,(H,28,31)(H,29,33). The maximum absolute atomic E-state index is 14.1. The summed E-state index contributed by atoms with van der Waals surface area (Å²) >= 11 is 0. The minimum Gasteiger partial charge on any atom is -0.444 e. The maximum atomic E-state index is 14.1. The first kappa shape index (κ1) is 27.7. The zero-order valence-electron chi connectivity index (χ0n) is 22.3. The normalized spacial score (nSPS) is 16.4. The molecule has 0 heterocycles. The Labute approximate surface area is 205 Å². The Morgan fingerprint density at radius 3 is 2.03 bits per heavy atom. The summed E-state index contributed by atoms with van der Waals surface area (Å²) in [6, 6.07) is 4.33. The molecule has 3 atom stereocenters. The molecule has 3 amide bonds. The van der Waals surface area contributed by atoms with Gasteiger partial charge >= 0.3 is 6.09 Å². The number of carbonyl (C=O) groups is 3. The largest absolute Gasteiger partial charge is 0.444 e. The van der Waals surface area contributed by atoms with Crippen LogP contribution in [0.5, 0.6) is 0 Å². The maximum Gasteiger partial charge on any atom is 0.408 e. The van der Waals surface area contributed by atoms with Crippen molar-refractivity contribution in [1.29, 1.82) is 0 Å². The fourth-order valence-corrected chi connectivity index (χ4v) is 4.12. The molecule has 3 unspecified atom stereocenters. The van der Waals surface area contributed by atoms with E-state index >= 15 is 0 Å². The van der Waals surface area contributed by atoms with Crippen molar-refractivity contribution in [3.63, 3.8) is 0 Å². The molecule has 34 heavy (non-hydrogen) atoms. The zero-order chi connectivity index (χ0) is 25.8. The molecule has 7 nitrogen and oxygen atoms in total. The third-order valence-electron chi connectivity index (χ3n) is 5.86. The van der Waals surface area contributed by atoms with E-state index in [2.05, 4.69) is 16.7 Å². The number of hydrogen-bond donors (Lipinski definition) is 2. The molecular weight excluding hydrogens is 430 g/mol. The van der Waals surface area contributed by atoms with Crippen molar-refractivity contribution < 1.29 is 19.1 Å². The predicted octanol–water partition coefficient (Wildman–Crippen LogP) is 4.80. The van der Waals surface area contributed by atoms with Crippen LogP contribution in [0.4, 0.5) is 4.79 Å². The average Bonchev–Trinajstić information content (AvgIpc) is 3.51. The van der Waals surface area contributed by atoms with Crippen LogP contribution in [0.3, 0.4) is 0 Å². The Kier molecular flexibility index (Phi) is 9.15. The Hall–Kier alpha value is -2.57. The Morgan fingerprint density at radius 2 is 1.59 bits per heavy atom. The van der Waals surface area contributed by atoms with Crippen LogP contribution in [0.2, 0.25) is 0 Å². The fraction of sp³-hybridized carbons (Fsp3) is 0.667. The van der Waals surface area contributed by atoms with Gasteiger partial charge in [-0.3, -0.25) is 9.59 Å². The summed E-state index contributed by atoms with van der Waals surface area (Å²) in [6.45, 7) is 17.1. The van der Waals surface area contributed by atoms with Gasteiger partial charge in [-0.2, -0.15) is 0 Å². The lowest BCUT2D eigenvalue weighted by atomic mass is 9.94. The van der Waals surface area contributed by atoms with Crippen molar-refractivity contribution in [3.05, 3.63) is 34.9 Å². The molecule has 0 radical (unpaired) electrons. The van der Waals surface area contributed by atoms with Crippen LogP contribution in [0, 0.1) is 19.8 Å². The highest BCUT2D eigenvalue weighted by molar-refractivity contribution is 5.93. The summed E-state index contributed by atoms with van der Waals surface area (Å²) < 4.78 is 5.45. The molecule has 1 aliphatic carbocycles. The fourth-order valence-electron chi connectivity index (χ4n) is 4.12. The summed E-state index contributed by atoms with van der Waals surface area (Å²) in [6.07, 6.45) is 1.73. The number of nitrogens with one attached hydrogen (secondary N) is 2. The summed E-state index contributed by atoms with van der Waals surface area (Å²) in [5.41, 5.74) is 2.18. The van der Waals surface area contributed by atoms with Gasteiger partial charge in [0.25, 0.3) is 0 Å². The molecule has 2 rings (SSSR count). The molecule has 1 aromatic carbocycles. The second kappa shape index (κ2) is 11.2.